The van der Waals surface area contributed by atoms with E-state index < -0.39 is 12.0 Å². The molecular formula is C15H16N2O3S. The van der Waals surface area contributed by atoms with Crippen LogP contribution in [0.1, 0.15) is 27.7 Å². The van der Waals surface area contributed by atoms with Gasteiger partial charge in [0.15, 0.2) is 0 Å². The monoisotopic (exact) mass is 304 g/mol. The largest absolute Gasteiger partial charge is 0.478 e. The Bertz CT molecular complexity index is 679. The number of carboxylic acid groups (broad SMARTS) is 1. The molecule has 1 aromatic heterocycles. The molecule has 110 valence electrons. The van der Waals surface area contributed by atoms with Crippen LogP contribution in [-0.4, -0.2) is 17.1 Å². The van der Waals surface area contributed by atoms with Crippen molar-refractivity contribution in [1.82, 2.24) is 0 Å². The molecule has 0 saturated carbocycles. The fourth-order valence-corrected chi connectivity index (χ4v) is 2.84. The first-order valence-electron chi connectivity index (χ1n) is 6.50. The summed E-state index contributed by atoms with van der Waals surface area (Å²) in [5.74, 6) is -1.04. The van der Waals surface area contributed by atoms with Gasteiger partial charge in [-0.2, -0.15) is 0 Å². The number of carboxylic acids is 1. The predicted octanol–water partition coefficient (Wildman–Crippen LogP) is 3.96. The van der Waals surface area contributed by atoms with E-state index in [2.05, 4.69) is 10.6 Å². The molecule has 1 heterocycles. The Morgan fingerprint density at radius 1 is 1.24 bits per heavy atom. The second kappa shape index (κ2) is 6.41. The first kappa shape index (κ1) is 15.1. The second-order valence-corrected chi connectivity index (χ2v) is 5.70. The molecule has 0 aliphatic carbocycles. The zero-order valence-corrected chi connectivity index (χ0v) is 12.6. The number of hydrogen-bond acceptors (Lipinski definition) is 3. The number of hydrogen-bond donors (Lipinski definition) is 3. The molecule has 6 heteroatoms. The lowest BCUT2D eigenvalue weighted by Gasteiger charge is -2.07. The van der Waals surface area contributed by atoms with Crippen LogP contribution in [0.25, 0.3) is 0 Å². The van der Waals surface area contributed by atoms with Crippen molar-refractivity contribution in [1.29, 1.82) is 0 Å². The molecule has 1 aromatic carbocycles. The van der Waals surface area contributed by atoms with Gasteiger partial charge in [0.2, 0.25) is 0 Å². The van der Waals surface area contributed by atoms with Crippen LogP contribution < -0.4 is 10.6 Å². The van der Waals surface area contributed by atoms with Crippen molar-refractivity contribution >= 4 is 34.0 Å². The fraction of sp³-hybridized carbons (Fsp3) is 0.200. The third-order valence-electron chi connectivity index (χ3n) is 2.86. The van der Waals surface area contributed by atoms with Crippen LogP contribution in [0.3, 0.4) is 0 Å². The van der Waals surface area contributed by atoms with Crippen molar-refractivity contribution in [2.45, 2.75) is 20.3 Å². The summed E-state index contributed by atoms with van der Waals surface area (Å²) >= 11 is 1.28. The number of carbonyl (C=O) groups excluding carboxylic acids is 1. The van der Waals surface area contributed by atoms with Crippen LogP contribution in [-0.2, 0) is 6.42 Å². The van der Waals surface area contributed by atoms with Gasteiger partial charge in [-0.15, -0.1) is 11.3 Å². The number of thiophene rings is 1. The number of amides is 2. The molecule has 0 aliphatic rings. The summed E-state index contributed by atoms with van der Waals surface area (Å²) in [4.78, 5) is 24.0. The van der Waals surface area contributed by atoms with Crippen LogP contribution in [0.4, 0.5) is 15.5 Å². The first-order chi connectivity index (χ1) is 9.99. The van der Waals surface area contributed by atoms with Gasteiger partial charge in [-0.1, -0.05) is 19.1 Å². The molecule has 5 nitrogen and oxygen atoms in total. The number of nitrogens with one attached hydrogen (secondary N) is 2. The summed E-state index contributed by atoms with van der Waals surface area (Å²) < 4.78 is 0. The Kier molecular flexibility index (Phi) is 4.59. The molecule has 2 amide bonds. The lowest BCUT2D eigenvalue weighted by molar-refractivity contribution is 0.0698. The normalized spacial score (nSPS) is 10.2. The number of carbonyl (C=O) groups is 2. The zero-order valence-electron chi connectivity index (χ0n) is 11.8. The van der Waals surface area contributed by atoms with Gasteiger partial charge >= 0.3 is 12.0 Å². The van der Waals surface area contributed by atoms with Gasteiger partial charge in [0.25, 0.3) is 0 Å². The summed E-state index contributed by atoms with van der Waals surface area (Å²) in [5.41, 5.74) is 1.82. The Hall–Kier alpha value is -2.34. The summed E-state index contributed by atoms with van der Waals surface area (Å²) in [6, 6.07) is 8.52. The third-order valence-corrected chi connectivity index (χ3v) is 4.06. The molecule has 0 atom stereocenters. The van der Waals surface area contributed by atoms with E-state index in [-0.39, 0.29) is 5.56 Å². The summed E-state index contributed by atoms with van der Waals surface area (Å²) in [6.45, 7) is 3.87. The van der Waals surface area contributed by atoms with Gasteiger partial charge in [-0.05, 0) is 37.1 Å². The third kappa shape index (κ3) is 3.82. The van der Waals surface area contributed by atoms with Gasteiger partial charge in [0, 0.05) is 10.6 Å². The first-order valence-corrected chi connectivity index (χ1v) is 7.32. The lowest BCUT2D eigenvalue weighted by atomic mass is 10.2. The Morgan fingerprint density at radius 2 is 2.00 bits per heavy atom. The second-order valence-electron chi connectivity index (χ2n) is 4.56. The minimum absolute atomic E-state index is 0.122. The van der Waals surface area contributed by atoms with Crippen molar-refractivity contribution < 1.29 is 14.7 Å². The molecule has 0 spiro atoms. The van der Waals surface area contributed by atoms with Gasteiger partial charge < -0.3 is 10.4 Å². The van der Waals surface area contributed by atoms with Crippen molar-refractivity contribution in [2.24, 2.45) is 0 Å². The standard InChI is InChI=1S/C15H16N2O3S/c1-3-11-8-12(14(18)19)13(21-11)17-15(20)16-10-6-4-5-9(2)7-10/h4-8H,3H2,1-2H3,(H,18,19)(H2,16,17,20). The molecule has 0 bridgehead atoms. The minimum atomic E-state index is -1.04. The summed E-state index contributed by atoms with van der Waals surface area (Å²) in [7, 11) is 0. The predicted molar refractivity (Wildman–Crippen MR) is 84.5 cm³/mol. The quantitative estimate of drug-likeness (QED) is 0.800. The van der Waals surface area contributed by atoms with Crippen LogP contribution in [0.5, 0.6) is 0 Å². The molecule has 0 fully saturated rings. The van der Waals surface area contributed by atoms with Crippen molar-refractivity contribution in [2.75, 3.05) is 10.6 Å². The molecule has 21 heavy (non-hydrogen) atoms. The van der Waals surface area contributed by atoms with E-state index in [0.29, 0.717) is 10.7 Å². The number of anilines is 2. The SMILES string of the molecule is CCc1cc(C(=O)O)c(NC(=O)Nc2cccc(C)c2)s1. The average molecular weight is 304 g/mol. The summed E-state index contributed by atoms with van der Waals surface area (Å²) in [5, 5.41) is 14.8. The van der Waals surface area contributed by atoms with Crippen LogP contribution >= 0.6 is 11.3 Å². The van der Waals surface area contributed by atoms with Gasteiger partial charge in [-0.3, -0.25) is 5.32 Å². The maximum absolute atomic E-state index is 12.0. The maximum atomic E-state index is 12.0. The van der Waals surface area contributed by atoms with Crippen molar-refractivity contribution in [3.8, 4) is 0 Å². The van der Waals surface area contributed by atoms with Crippen LogP contribution in [0, 0.1) is 6.92 Å². The highest BCUT2D eigenvalue weighted by Gasteiger charge is 2.16. The molecule has 0 radical (unpaired) electrons. The Morgan fingerprint density at radius 3 is 2.62 bits per heavy atom. The van der Waals surface area contributed by atoms with E-state index in [9.17, 15) is 9.59 Å². The van der Waals surface area contributed by atoms with Crippen LogP contribution in [0.15, 0.2) is 30.3 Å². The van der Waals surface area contributed by atoms with E-state index in [1.165, 1.54) is 11.3 Å². The van der Waals surface area contributed by atoms with E-state index in [1.807, 2.05) is 32.0 Å². The highest BCUT2D eigenvalue weighted by Crippen LogP contribution is 2.28. The number of urea groups is 1. The number of rotatable bonds is 4. The molecule has 2 aromatic rings. The minimum Gasteiger partial charge on any atom is -0.478 e. The fourth-order valence-electron chi connectivity index (χ4n) is 1.86. The topological polar surface area (TPSA) is 78.4 Å². The van der Waals surface area contributed by atoms with Crippen molar-refractivity contribution in [3.63, 3.8) is 0 Å². The van der Waals surface area contributed by atoms with Gasteiger partial charge in [0.05, 0.1) is 5.56 Å². The average Bonchev–Trinajstić information content (AvgIpc) is 2.81. The molecule has 0 saturated heterocycles. The van der Waals surface area contributed by atoms with Crippen LogP contribution in [0.2, 0.25) is 0 Å². The van der Waals surface area contributed by atoms with Gasteiger partial charge in [-0.25, -0.2) is 9.59 Å². The molecule has 3 N–H and O–H groups in total. The highest BCUT2D eigenvalue weighted by molar-refractivity contribution is 7.16. The number of aryl methyl sites for hydroxylation is 2. The lowest BCUT2D eigenvalue weighted by Crippen LogP contribution is -2.20. The molecule has 2 rings (SSSR count). The summed E-state index contributed by atoms with van der Waals surface area (Å²) in [6.07, 6.45) is 0.728. The molecule has 0 unspecified atom stereocenters. The number of benzene rings is 1. The Labute approximate surface area is 126 Å². The zero-order chi connectivity index (χ0) is 15.4. The van der Waals surface area contributed by atoms with E-state index in [4.69, 9.17) is 5.11 Å². The van der Waals surface area contributed by atoms with Gasteiger partial charge in [0.1, 0.15) is 5.00 Å². The Balaban J connectivity index is 2.12. The maximum Gasteiger partial charge on any atom is 0.338 e. The van der Waals surface area contributed by atoms with E-state index >= 15 is 0 Å². The van der Waals surface area contributed by atoms with E-state index in [0.717, 1.165) is 16.9 Å². The highest BCUT2D eigenvalue weighted by atomic mass is 32.1. The molecular weight excluding hydrogens is 288 g/mol. The smallest absolute Gasteiger partial charge is 0.338 e. The van der Waals surface area contributed by atoms with E-state index in [1.54, 1.807) is 12.1 Å². The number of aromatic carboxylic acids is 1. The molecule has 0 aliphatic heterocycles. The van der Waals surface area contributed by atoms with Crippen molar-refractivity contribution in [3.05, 3.63) is 46.3 Å².